The summed E-state index contributed by atoms with van der Waals surface area (Å²) in [6.07, 6.45) is 2.45. The number of amides is 1. The summed E-state index contributed by atoms with van der Waals surface area (Å²) in [7, 11) is 3.34. The van der Waals surface area contributed by atoms with Gasteiger partial charge in [0, 0.05) is 24.4 Å². The quantitative estimate of drug-likeness (QED) is 0.495. The number of fused-ring (bicyclic) bond motifs is 1. The molecule has 1 aliphatic rings. The van der Waals surface area contributed by atoms with E-state index in [0.717, 1.165) is 36.5 Å². The average molecular weight is 409 g/mol. The lowest BCUT2D eigenvalue weighted by Gasteiger charge is -2.13. The van der Waals surface area contributed by atoms with E-state index in [-0.39, 0.29) is 17.0 Å². The monoisotopic (exact) mass is 409 g/mol. The van der Waals surface area contributed by atoms with Gasteiger partial charge in [-0.25, -0.2) is 4.98 Å². The van der Waals surface area contributed by atoms with Gasteiger partial charge < -0.3 is 14.6 Å². The zero-order valence-corrected chi connectivity index (χ0v) is 16.9. The summed E-state index contributed by atoms with van der Waals surface area (Å²) >= 11 is 0. The normalized spacial score (nSPS) is 14.2. The SMILES string of the molecule is COc1ccc(C(=O)Nc2ccc3c(c2)nc(CN2CCCC2)n3C)cc1[N+](=O)[O-]. The predicted molar refractivity (Wildman–Crippen MR) is 113 cm³/mol. The smallest absolute Gasteiger partial charge is 0.311 e. The maximum atomic E-state index is 12.6. The Morgan fingerprint density at radius 1 is 1.23 bits per heavy atom. The number of methoxy groups -OCH3 is 1. The molecular formula is C21H23N5O4. The van der Waals surface area contributed by atoms with E-state index in [2.05, 4.69) is 14.8 Å². The zero-order chi connectivity index (χ0) is 21.3. The summed E-state index contributed by atoms with van der Waals surface area (Å²) in [5.74, 6) is 0.659. The van der Waals surface area contributed by atoms with Crippen LogP contribution in [-0.2, 0) is 13.6 Å². The van der Waals surface area contributed by atoms with Gasteiger partial charge in [-0.2, -0.15) is 0 Å². The number of nitro benzene ring substituents is 1. The number of ether oxygens (including phenoxy) is 1. The molecule has 2 aromatic carbocycles. The van der Waals surface area contributed by atoms with E-state index in [1.54, 1.807) is 6.07 Å². The second-order valence-corrected chi connectivity index (χ2v) is 7.37. The third kappa shape index (κ3) is 3.84. The second kappa shape index (κ2) is 8.11. The van der Waals surface area contributed by atoms with Crippen LogP contribution in [0.15, 0.2) is 36.4 Å². The van der Waals surface area contributed by atoms with Crippen molar-refractivity contribution in [3.05, 3.63) is 57.9 Å². The molecular weight excluding hydrogens is 386 g/mol. The van der Waals surface area contributed by atoms with Gasteiger partial charge in [0.2, 0.25) is 0 Å². The second-order valence-electron chi connectivity index (χ2n) is 7.37. The van der Waals surface area contributed by atoms with E-state index >= 15 is 0 Å². The van der Waals surface area contributed by atoms with Crippen molar-refractivity contribution in [2.75, 3.05) is 25.5 Å². The lowest BCUT2D eigenvalue weighted by molar-refractivity contribution is -0.385. The van der Waals surface area contributed by atoms with Crippen LogP contribution in [0.5, 0.6) is 5.75 Å². The van der Waals surface area contributed by atoms with Gasteiger partial charge in [-0.1, -0.05) is 0 Å². The molecule has 1 aliphatic heterocycles. The lowest BCUT2D eigenvalue weighted by atomic mass is 10.1. The zero-order valence-electron chi connectivity index (χ0n) is 16.9. The molecule has 1 fully saturated rings. The van der Waals surface area contributed by atoms with Crippen LogP contribution in [0.1, 0.15) is 29.0 Å². The van der Waals surface area contributed by atoms with Gasteiger partial charge in [-0.3, -0.25) is 19.8 Å². The van der Waals surface area contributed by atoms with Gasteiger partial charge in [-0.15, -0.1) is 0 Å². The van der Waals surface area contributed by atoms with Gasteiger partial charge in [0.1, 0.15) is 5.82 Å². The minimum atomic E-state index is -0.572. The van der Waals surface area contributed by atoms with Crippen LogP contribution in [0.25, 0.3) is 11.0 Å². The summed E-state index contributed by atoms with van der Waals surface area (Å²) in [4.78, 5) is 30.4. The van der Waals surface area contributed by atoms with E-state index in [1.165, 1.54) is 38.2 Å². The van der Waals surface area contributed by atoms with Crippen LogP contribution in [0, 0.1) is 10.1 Å². The average Bonchev–Trinajstić information content (AvgIpc) is 3.35. The largest absolute Gasteiger partial charge is 0.490 e. The fourth-order valence-electron chi connectivity index (χ4n) is 3.79. The molecule has 2 heterocycles. The highest BCUT2D eigenvalue weighted by Crippen LogP contribution is 2.28. The molecule has 1 aromatic heterocycles. The molecule has 4 rings (SSSR count). The van der Waals surface area contributed by atoms with Crippen LogP contribution in [0.3, 0.4) is 0 Å². The number of carbonyl (C=O) groups excluding carboxylic acids is 1. The van der Waals surface area contributed by atoms with Crippen molar-refractivity contribution >= 4 is 28.3 Å². The Morgan fingerprint density at radius 3 is 2.70 bits per heavy atom. The molecule has 1 amide bonds. The van der Waals surface area contributed by atoms with Crippen molar-refractivity contribution in [1.82, 2.24) is 14.5 Å². The van der Waals surface area contributed by atoms with E-state index in [1.807, 2.05) is 19.2 Å². The number of hydrogen-bond donors (Lipinski definition) is 1. The standard InChI is InChI=1S/C21H23N5O4/c1-24-17-7-6-15(12-16(17)23-20(24)13-25-9-3-4-10-25)22-21(27)14-5-8-19(30-2)18(11-14)26(28)29/h5-8,11-12H,3-4,9-10,13H2,1-2H3,(H,22,27). The molecule has 0 atom stereocenters. The van der Waals surface area contributed by atoms with Crippen molar-refractivity contribution < 1.29 is 14.5 Å². The number of anilines is 1. The van der Waals surface area contributed by atoms with E-state index in [0.29, 0.717) is 5.69 Å². The minimum absolute atomic E-state index is 0.108. The number of nitro groups is 1. The number of nitrogens with zero attached hydrogens (tertiary/aromatic N) is 4. The summed E-state index contributed by atoms with van der Waals surface area (Å²) in [6.45, 7) is 3.00. The number of hydrogen-bond acceptors (Lipinski definition) is 6. The Balaban J connectivity index is 1.55. The van der Waals surface area contributed by atoms with Crippen molar-refractivity contribution in [3.63, 3.8) is 0 Å². The fraction of sp³-hybridized carbons (Fsp3) is 0.333. The molecule has 0 spiro atoms. The number of aromatic nitrogens is 2. The summed E-state index contributed by atoms with van der Waals surface area (Å²) < 4.78 is 7.06. The number of aryl methyl sites for hydroxylation is 1. The summed E-state index contributed by atoms with van der Waals surface area (Å²) in [5.41, 5.74) is 2.29. The Kier molecular flexibility index (Phi) is 5.37. The molecule has 3 aromatic rings. The third-order valence-corrected chi connectivity index (χ3v) is 5.43. The van der Waals surface area contributed by atoms with Gasteiger partial charge in [0.05, 0.1) is 29.6 Å². The number of likely N-dealkylation sites (tertiary alicyclic amines) is 1. The molecule has 0 bridgehead atoms. The Labute approximate surface area is 173 Å². The summed E-state index contributed by atoms with van der Waals surface area (Å²) in [5, 5.41) is 14.0. The molecule has 156 valence electrons. The van der Waals surface area contributed by atoms with Crippen molar-refractivity contribution in [2.24, 2.45) is 7.05 Å². The molecule has 0 saturated carbocycles. The predicted octanol–water partition coefficient (Wildman–Crippen LogP) is 3.34. The molecule has 1 N–H and O–H groups in total. The van der Waals surface area contributed by atoms with Gasteiger partial charge in [-0.05, 0) is 56.3 Å². The van der Waals surface area contributed by atoms with Crippen LogP contribution in [0.4, 0.5) is 11.4 Å². The van der Waals surface area contributed by atoms with Crippen molar-refractivity contribution in [3.8, 4) is 5.75 Å². The first-order valence-electron chi connectivity index (χ1n) is 9.78. The third-order valence-electron chi connectivity index (χ3n) is 5.43. The Morgan fingerprint density at radius 2 is 2.00 bits per heavy atom. The first kappa shape index (κ1) is 19.8. The van der Waals surface area contributed by atoms with Crippen LogP contribution in [0.2, 0.25) is 0 Å². The van der Waals surface area contributed by atoms with E-state index in [9.17, 15) is 14.9 Å². The Bertz CT molecular complexity index is 1120. The maximum absolute atomic E-state index is 12.6. The van der Waals surface area contributed by atoms with Crippen LogP contribution in [-0.4, -0.2) is 45.5 Å². The van der Waals surface area contributed by atoms with E-state index in [4.69, 9.17) is 9.72 Å². The highest BCUT2D eigenvalue weighted by atomic mass is 16.6. The summed E-state index contributed by atoms with van der Waals surface area (Å²) in [6, 6.07) is 9.66. The number of nitrogens with one attached hydrogen (secondary N) is 1. The van der Waals surface area contributed by atoms with E-state index < -0.39 is 10.8 Å². The van der Waals surface area contributed by atoms with Gasteiger partial charge >= 0.3 is 5.69 Å². The first-order valence-corrected chi connectivity index (χ1v) is 9.78. The topological polar surface area (TPSA) is 103 Å². The first-order chi connectivity index (χ1) is 14.5. The molecule has 30 heavy (non-hydrogen) atoms. The lowest BCUT2D eigenvalue weighted by Crippen LogP contribution is -2.20. The molecule has 9 heteroatoms. The Hall–Kier alpha value is -3.46. The number of rotatable bonds is 6. The molecule has 1 saturated heterocycles. The number of imidazole rings is 1. The van der Waals surface area contributed by atoms with Gasteiger partial charge in [0.25, 0.3) is 5.91 Å². The molecule has 0 radical (unpaired) electrons. The van der Waals surface area contributed by atoms with Crippen LogP contribution >= 0.6 is 0 Å². The van der Waals surface area contributed by atoms with Crippen LogP contribution < -0.4 is 10.1 Å². The molecule has 0 aliphatic carbocycles. The van der Waals surface area contributed by atoms with Gasteiger partial charge in [0.15, 0.2) is 5.75 Å². The molecule has 9 nitrogen and oxygen atoms in total. The highest BCUT2D eigenvalue weighted by molar-refractivity contribution is 6.05. The number of benzene rings is 2. The van der Waals surface area contributed by atoms with Crippen molar-refractivity contribution in [2.45, 2.75) is 19.4 Å². The number of carbonyl (C=O) groups is 1. The minimum Gasteiger partial charge on any atom is -0.490 e. The maximum Gasteiger partial charge on any atom is 0.311 e. The van der Waals surface area contributed by atoms with Crippen molar-refractivity contribution in [1.29, 1.82) is 0 Å². The molecule has 0 unspecified atom stereocenters. The highest BCUT2D eigenvalue weighted by Gasteiger charge is 2.19. The fourth-order valence-corrected chi connectivity index (χ4v) is 3.79.